The Bertz CT molecular complexity index is 473. The summed E-state index contributed by atoms with van der Waals surface area (Å²) in [6.07, 6.45) is 5.68. The monoisotopic (exact) mass is 262 g/mol. The first-order valence-corrected chi connectivity index (χ1v) is 7.20. The van der Waals surface area contributed by atoms with Gasteiger partial charge in [0.2, 0.25) is 0 Å². The van der Waals surface area contributed by atoms with Gasteiger partial charge in [-0.2, -0.15) is 0 Å². The van der Waals surface area contributed by atoms with Crippen molar-refractivity contribution in [1.29, 1.82) is 0 Å². The number of aliphatic hydroxyl groups is 1. The van der Waals surface area contributed by atoms with E-state index in [0.717, 1.165) is 36.5 Å². The van der Waals surface area contributed by atoms with Gasteiger partial charge >= 0.3 is 0 Å². The zero-order chi connectivity index (χ0) is 13.4. The van der Waals surface area contributed by atoms with Crippen molar-refractivity contribution in [3.8, 4) is 0 Å². The number of nitrogens with one attached hydrogen (secondary N) is 1. The summed E-state index contributed by atoms with van der Waals surface area (Å²) in [4.78, 5) is 9.03. The third kappa shape index (κ3) is 2.52. The van der Waals surface area contributed by atoms with Crippen LogP contribution in [0.15, 0.2) is 0 Å². The summed E-state index contributed by atoms with van der Waals surface area (Å²) in [5.74, 6) is 3.16. The minimum atomic E-state index is 0.243. The van der Waals surface area contributed by atoms with Gasteiger partial charge in [-0.05, 0) is 32.6 Å². The fraction of sp³-hybridized carbons (Fsp3) is 0.714. The van der Waals surface area contributed by atoms with Crippen LogP contribution in [0.2, 0.25) is 0 Å². The van der Waals surface area contributed by atoms with Crippen LogP contribution in [0.3, 0.4) is 0 Å². The van der Waals surface area contributed by atoms with Gasteiger partial charge in [0.05, 0.1) is 0 Å². The smallest absolute Gasteiger partial charge is 0.136 e. The van der Waals surface area contributed by atoms with Crippen LogP contribution in [0, 0.1) is 12.8 Å². The molecule has 5 nitrogen and oxygen atoms in total. The SMILES string of the molecule is Cc1c(N)nc(C2CC2)nc1NC1CCCC1CO. The lowest BCUT2D eigenvalue weighted by atomic mass is 10.0. The highest BCUT2D eigenvalue weighted by atomic mass is 16.3. The normalized spacial score (nSPS) is 26.6. The average molecular weight is 262 g/mol. The van der Waals surface area contributed by atoms with E-state index in [4.69, 9.17) is 5.73 Å². The van der Waals surface area contributed by atoms with Gasteiger partial charge in [0, 0.05) is 30.0 Å². The van der Waals surface area contributed by atoms with Crippen molar-refractivity contribution in [2.24, 2.45) is 5.92 Å². The lowest BCUT2D eigenvalue weighted by molar-refractivity contribution is 0.222. The third-order valence-electron chi connectivity index (χ3n) is 4.36. The van der Waals surface area contributed by atoms with Crippen LogP contribution >= 0.6 is 0 Å². The third-order valence-corrected chi connectivity index (χ3v) is 4.36. The number of rotatable bonds is 4. The zero-order valence-electron chi connectivity index (χ0n) is 11.4. The molecule has 1 aromatic heterocycles. The first-order valence-electron chi connectivity index (χ1n) is 7.20. The van der Waals surface area contributed by atoms with Crippen molar-refractivity contribution < 1.29 is 5.11 Å². The van der Waals surface area contributed by atoms with E-state index in [1.165, 1.54) is 12.8 Å². The number of aliphatic hydroxyl groups excluding tert-OH is 1. The van der Waals surface area contributed by atoms with Crippen LogP contribution in [-0.4, -0.2) is 27.7 Å². The van der Waals surface area contributed by atoms with Gasteiger partial charge in [-0.3, -0.25) is 0 Å². The maximum absolute atomic E-state index is 9.39. The standard InChI is InChI=1S/C14H22N4O/c1-8-12(15)17-14(9-5-6-9)18-13(8)16-11-4-2-3-10(11)7-19/h9-11,19H,2-7H2,1H3,(H3,15,16,17,18). The second-order valence-electron chi connectivity index (χ2n) is 5.84. The lowest BCUT2D eigenvalue weighted by Gasteiger charge is -2.21. The molecule has 0 spiro atoms. The molecular weight excluding hydrogens is 240 g/mol. The van der Waals surface area contributed by atoms with E-state index in [0.29, 0.717) is 23.7 Å². The van der Waals surface area contributed by atoms with Crippen molar-refractivity contribution in [3.63, 3.8) is 0 Å². The second kappa shape index (κ2) is 4.96. The Morgan fingerprint density at radius 1 is 1.26 bits per heavy atom. The van der Waals surface area contributed by atoms with Crippen molar-refractivity contribution in [2.45, 2.75) is 51.0 Å². The minimum absolute atomic E-state index is 0.243. The summed E-state index contributed by atoms with van der Waals surface area (Å²) in [6.45, 7) is 2.20. The second-order valence-corrected chi connectivity index (χ2v) is 5.84. The molecule has 2 aliphatic carbocycles. The number of nitrogens with zero attached hydrogens (tertiary/aromatic N) is 2. The molecular formula is C14H22N4O. The molecule has 2 atom stereocenters. The topological polar surface area (TPSA) is 84.1 Å². The van der Waals surface area contributed by atoms with Crippen LogP contribution in [0.25, 0.3) is 0 Å². The number of anilines is 2. The Morgan fingerprint density at radius 2 is 2.05 bits per heavy atom. The van der Waals surface area contributed by atoms with Gasteiger partial charge in [0.25, 0.3) is 0 Å². The molecule has 2 unspecified atom stereocenters. The van der Waals surface area contributed by atoms with E-state index in [2.05, 4.69) is 15.3 Å². The Morgan fingerprint density at radius 3 is 2.74 bits per heavy atom. The summed E-state index contributed by atoms with van der Waals surface area (Å²) in [7, 11) is 0. The first kappa shape index (κ1) is 12.7. The maximum Gasteiger partial charge on any atom is 0.136 e. The molecule has 0 amide bonds. The maximum atomic E-state index is 9.39. The van der Waals surface area contributed by atoms with Gasteiger partial charge in [0.15, 0.2) is 0 Å². The van der Waals surface area contributed by atoms with Gasteiger partial charge in [0.1, 0.15) is 17.5 Å². The molecule has 1 heterocycles. The Balaban J connectivity index is 1.83. The molecule has 2 fully saturated rings. The Kier molecular flexibility index (Phi) is 3.31. The lowest BCUT2D eigenvalue weighted by Crippen LogP contribution is -2.27. The van der Waals surface area contributed by atoms with Gasteiger partial charge < -0.3 is 16.2 Å². The quantitative estimate of drug-likeness (QED) is 0.770. The molecule has 2 saturated carbocycles. The highest BCUT2D eigenvalue weighted by Gasteiger charge is 2.30. The van der Waals surface area contributed by atoms with Crippen molar-refractivity contribution in [2.75, 3.05) is 17.7 Å². The summed E-state index contributed by atoms with van der Waals surface area (Å²) >= 11 is 0. The van der Waals surface area contributed by atoms with E-state index < -0.39 is 0 Å². The summed E-state index contributed by atoms with van der Waals surface area (Å²) < 4.78 is 0. The molecule has 4 N–H and O–H groups in total. The van der Waals surface area contributed by atoms with Crippen LogP contribution in [0.1, 0.15) is 49.4 Å². The van der Waals surface area contributed by atoms with Gasteiger partial charge in [-0.1, -0.05) is 6.42 Å². The molecule has 0 aromatic carbocycles. The van der Waals surface area contributed by atoms with Gasteiger partial charge in [-0.15, -0.1) is 0 Å². The van der Waals surface area contributed by atoms with Crippen LogP contribution < -0.4 is 11.1 Å². The van der Waals surface area contributed by atoms with Gasteiger partial charge in [-0.25, -0.2) is 9.97 Å². The fourth-order valence-corrected chi connectivity index (χ4v) is 2.84. The zero-order valence-corrected chi connectivity index (χ0v) is 11.4. The average Bonchev–Trinajstić information content (AvgIpc) is 3.15. The largest absolute Gasteiger partial charge is 0.396 e. The minimum Gasteiger partial charge on any atom is -0.396 e. The molecule has 5 heteroatoms. The molecule has 2 aliphatic rings. The number of nitrogens with two attached hydrogens (primary N) is 1. The number of nitrogen functional groups attached to an aromatic ring is 1. The molecule has 3 rings (SSSR count). The molecule has 0 aliphatic heterocycles. The molecule has 104 valence electrons. The van der Waals surface area contributed by atoms with Crippen LogP contribution in [-0.2, 0) is 0 Å². The van der Waals surface area contributed by atoms with Crippen molar-refractivity contribution >= 4 is 11.6 Å². The number of aromatic nitrogens is 2. The highest BCUT2D eigenvalue weighted by molar-refractivity contribution is 5.55. The summed E-state index contributed by atoms with van der Waals surface area (Å²) in [5, 5.41) is 12.9. The van der Waals surface area contributed by atoms with E-state index in [1.54, 1.807) is 0 Å². The van der Waals surface area contributed by atoms with Crippen LogP contribution in [0.5, 0.6) is 0 Å². The summed E-state index contributed by atoms with van der Waals surface area (Å²) in [5.41, 5.74) is 6.91. The van der Waals surface area contributed by atoms with E-state index in [-0.39, 0.29) is 6.61 Å². The van der Waals surface area contributed by atoms with Crippen molar-refractivity contribution in [1.82, 2.24) is 9.97 Å². The van der Waals surface area contributed by atoms with Crippen LogP contribution in [0.4, 0.5) is 11.6 Å². The predicted molar refractivity (Wildman–Crippen MR) is 75.0 cm³/mol. The highest BCUT2D eigenvalue weighted by Crippen LogP contribution is 2.39. The van der Waals surface area contributed by atoms with E-state index in [1.807, 2.05) is 6.92 Å². The predicted octanol–water partition coefficient (Wildman–Crippen LogP) is 1.82. The molecule has 0 radical (unpaired) electrons. The Hall–Kier alpha value is -1.36. The van der Waals surface area contributed by atoms with Crippen molar-refractivity contribution in [3.05, 3.63) is 11.4 Å². The van der Waals surface area contributed by atoms with E-state index >= 15 is 0 Å². The molecule has 0 bridgehead atoms. The molecule has 19 heavy (non-hydrogen) atoms. The molecule has 1 aromatic rings. The number of hydrogen-bond acceptors (Lipinski definition) is 5. The fourth-order valence-electron chi connectivity index (χ4n) is 2.84. The first-order chi connectivity index (χ1) is 9.19. The summed E-state index contributed by atoms with van der Waals surface area (Å²) in [6, 6.07) is 0.310. The number of hydrogen-bond donors (Lipinski definition) is 3. The Labute approximate surface area is 113 Å². The van der Waals surface area contributed by atoms with E-state index in [9.17, 15) is 5.11 Å². The molecule has 0 saturated heterocycles.